The molecule has 6 nitrogen and oxygen atoms in total. The Kier molecular flexibility index (Phi) is 4.88. The summed E-state index contributed by atoms with van der Waals surface area (Å²) in [5.74, 6) is 0.481. The quantitative estimate of drug-likeness (QED) is 0.877. The van der Waals surface area contributed by atoms with E-state index in [-0.39, 0.29) is 17.9 Å². The maximum absolute atomic E-state index is 12.4. The highest BCUT2D eigenvalue weighted by Gasteiger charge is 2.20. The Hall–Kier alpha value is -3.02. The summed E-state index contributed by atoms with van der Waals surface area (Å²) in [5.41, 5.74) is 2.05. The van der Waals surface area contributed by atoms with Crippen molar-refractivity contribution in [2.75, 3.05) is 30.4 Å². The minimum Gasteiger partial charge on any atom is -0.491 e. The van der Waals surface area contributed by atoms with Crippen molar-refractivity contribution in [2.24, 2.45) is 0 Å². The minimum absolute atomic E-state index is 0.0859. The number of hydrogen-bond acceptors (Lipinski definition) is 4. The van der Waals surface area contributed by atoms with Crippen molar-refractivity contribution in [3.8, 4) is 5.75 Å². The van der Waals surface area contributed by atoms with E-state index in [0.29, 0.717) is 24.4 Å². The second-order valence-corrected chi connectivity index (χ2v) is 6.13. The Morgan fingerprint density at radius 2 is 2.04 bits per heavy atom. The van der Waals surface area contributed by atoms with Crippen molar-refractivity contribution in [3.63, 3.8) is 0 Å². The largest absolute Gasteiger partial charge is 0.491 e. The molecule has 1 aliphatic heterocycles. The highest BCUT2D eigenvalue weighted by atomic mass is 16.5. The molecule has 0 bridgehead atoms. The normalized spacial score (nSPS) is 14.3. The molecule has 1 aliphatic rings. The Morgan fingerprint density at radius 1 is 1.28 bits per heavy atom. The van der Waals surface area contributed by atoms with Crippen LogP contribution in [0.1, 0.15) is 17.3 Å². The van der Waals surface area contributed by atoms with E-state index < -0.39 is 0 Å². The highest BCUT2D eigenvalue weighted by molar-refractivity contribution is 6.03. The van der Waals surface area contributed by atoms with Gasteiger partial charge in [0.2, 0.25) is 5.91 Å². The molecule has 6 heteroatoms. The third kappa shape index (κ3) is 4.09. The van der Waals surface area contributed by atoms with Gasteiger partial charge in [0.05, 0.1) is 24.0 Å². The zero-order chi connectivity index (χ0) is 17.8. The Labute approximate surface area is 146 Å². The maximum Gasteiger partial charge on any atom is 0.251 e. The molecule has 2 aromatic rings. The fourth-order valence-corrected chi connectivity index (χ4v) is 2.69. The van der Waals surface area contributed by atoms with Gasteiger partial charge in [-0.25, -0.2) is 0 Å². The molecule has 1 unspecified atom stereocenters. The molecule has 3 rings (SSSR count). The van der Waals surface area contributed by atoms with Gasteiger partial charge in [0.25, 0.3) is 5.91 Å². The predicted octanol–water partition coefficient (Wildman–Crippen LogP) is 2.27. The molecule has 25 heavy (non-hydrogen) atoms. The lowest BCUT2D eigenvalue weighted by Crippen LogP contribution is -2.37. The molecule has 0 saturated carbocycles. The third-order valence-electron chi connectivity index (χ3n) is 3.95. The number of para-hydroxylation sites is 1. The van der Waals surface area contributed by atoms with Crippen LogP contribution >= 0.6 is 0 Å². The molecule has 0 fully saturated rings. The number of nitrogens with zero attached hydrogens (tertiary/aromatic N) is 1. The standard InChI is InChI=1S/C19H21N3O3/c1-13(12-25-15-6-4-3-5-7-15)20-19(24)14-8-9-17-16(10-14)21-18(23)11-22(17)2/h3-10,13H,11-12H2,1-2H3,(H,20,24)(H,21,23). The molecule has 0 aromatic heterocycles. The number of hydrogen-bond donors (Lipinski definition) is 2. The minimum atomic E-state index is -0.200. The van der Waals surface area contributed by atoms with Crippen LogP contribution in [0, 0.1) is 0 Å². The fraction of sp³-hybridized carbons (Fsp3) is 0.263. The number of nitrogens with one attached hydrogen (secondary N) is 2. The second kappa shape index (κ2) is 7.25. The molecule has 2 aromatic carbocycles. The van der Waals surface area contributed by atoms with E-state index in [1.54, 1.807) is 12.1 Å². The SMILES string of the molecule is CC(COc1ccccc1)NC(=O)c1ccc2c(c1)NC(=O)CN2C. The molecular weight excluding hydrogens is 318 g/mol. The van der Waals surface area contributed by atoms with Crippen molar-refractivity contribution in [1.29, 1.82) is 0 Å². The summed E-state index contributed by atoms with van der Waals surface area (Å²) in [4.78, 5) is 25.9. The summed E-state index contributed by atoms with van der Waals surface area (Å²) in [6.45, 7) is 2.57. The third-order valence-corrected chi connectivity index (χ3v) is 3.95. The topological polar surface area (TPSA) is 70.7 Å². The molecule has 0 aliphatic carbocycles. The lowest BCUT2D eigenvalue weighted by Gasteiger charge is -2.27. The van der Waals surface area contributed by atoms with Gasteiger partial charge in [0.15, 0.2) is 0 Å². The Bertz CT molecular complexity index is 777. The first-order valence-corrected chi connectivity index (χ1v) is 8.16. The summed E-state index contributed by atoms with van der Waals surface area (Å²) in [5, 5.41) is 5.71. The van der Waals surface area contributed by atoms with Gasteiger partial charge in [0.1, 0.15) is 12.4 Å². The van der Waals surface area contributed by atoms with Crippen LogP contribution in [0.2, 0.25) is 0 Å². The molecule has 0 radical (unpaired) electrons. The first kappa shape index (κ1) is 16.8. The van der Waals surface area contributed by atoms with Crippen molar-refractivity contribution < 1.29 is 14.3 Å². The summed E-state index contributed by atoms with van der Waals surface area (Å²) in [6.07, 6.45) is 0. The molecule has 2 amide bonds. The van der Waals surface area contributed by atoms with Gasteiger partial charge < -0.3 is 20.3 Å². The monoisotopic (exact) mass is 339 g/mol. The lowest BCUT2D eigenvalue weighted by molar-refractivity contribution is -0.115. The van der Waals surface area contributed by atoms with Gasteiger partial charge in [-0.1, -0.05) is 18.2 Å². The van der Waals surface area contributed by atoms with Crippen LogP contribution in [-0.2, 0) is 4.79 Å². The van der Waals surface area contributed by atoms with Gasteiger partial charge in [-0.15, -0.1) is 0 Å². The molecule has 0 saturated heterocycles. The van der Waals surface area contributed by atoms with Crippen LogP contribution in [0.3, 0.4) is 0 Å². The zero-order valence-corrected chi connectivity index (χ0v) is 14.3. The number of rotatable bonds is 5. The van der Waals surface area contributed by atoms with Gasteiger partial charge in [-0.3, -0.25) is 9.59 Å². The van der Waals surface area contributed by atoms with Gasteiger partial charge in [-0.2, -0.15) is 0 Å². The number of carbonyl (C=O) groups excluding carboxylic acids is 2. The second-order valence-electron chi connectivity index (χ2n) is 6.13. The number of ether oxygens (including phenoxy) is 1. The summed E-state index contributed by atoms with van der Waals surface area (Å²) >= 11 is 0. The number of amides is 2. The lowest BCUT2D eigenvalue weighted by atomic mass is 10.1. The van der Waals surface area contributed by atoms with E-state index in [2.05, 4.69) is 10.6 Å². The van der Waals surface area contributed by atoms with Crippen molar-refractivity contribution >= 4 is 23.2 Å². The molecule has 0 spiro atoms. The van der Waals surface area contributed by atoms with Crippen LogP contribution in [0.5, 0.6) is 5.75 Å². The van der Waals surface area contributed by atoms with Gasteiger partial charge in [-0.05, 0) is 37.3 Å². The number of anilines is 2. The van der Waals surface area contributed by atoms with Crippen molar-refractivity contribution in [1.82, 2.24) is 5.32 Å². The maximum atomic E-state index is 12.4. The van der Waals surface area contributed by atoms with E-state index in [0.717, 1.165) is 11.4 Å². The van der Waals surface area contributed by atoms with E-state index in [4.69, 9.17) is 4.74 Å². The van der Waals surface area contributed by atoms with Crippen molar-refractivity contribution in [3.05, 3.63) is 54.1 Å². The fourth-order valence-electron chi connectivity index (χ4n) is 2.69. The number of likely N-dealkylation sites (N-methyl/N-ethyl adjacent to an activating group) is 1. The summed E-state index contributed by atoms with van der Waals surface area (Å²) in [6, 6.07) is 14.6. The molecule has 130 valence electrons. The molecule has 1 atom stereocenters. The van der Waals surface area contributed by atoms with Crippen LogP contribution < -0.4 is 20.3 Å². The van der Waals surface area contributed by atoms with E-state index in [1.807, 2.05) is 55.3 Å². The van der Waals surface area contributed by atoms with Gasteiger partial charge in [0, 0.05) is 12.6 Å². The predicted molar refractivity (Wildman–Crippen MR) is 97.2 cm³/mol. The van der Waals surface area contributed by atoms with Gasteiger partial charge >= 0.3 is 0 Å². The number of fused-ring (bicyclic) bond motifs is 1. The van der Waals surface area contributed by atoms with Crippen LogP contribution in [-0.4, -0.2) is 38.1 Å². The molecule has 1 heterocycles. The van der Waals surface area contributed by atoms with E-state index in [9.17, 15) is 9.59 Å². The van der Waals surface area contributed by atoms with Crippen molar-refractivity contribution in [2.45, 2.75) is 13.0 Å². The average molecular weight is 339 g/mol. The Balaban J connectivity index is 1.61. The van der Waals surface area contributed by atoms with Crippen LogP contribution in [0.4, 0.5) is 11.4 Å². The Morgan fingerprint density at radius 3 is 2.80 bits per heavy atom. The van der Waals surface area contributed by atoms with E-state index >= 15 is 0 Å². The first-order chi connectivity index (χ1) is 12.0. The smallest absolute Gasteiger partial charge is 0.251 e. The van der Waals surface area contributed by atoms with Crippen LogP contribution in [0.25, 0.3) is 0 Å². The molecular formula is C19H21N3O3. The molecule has 2 N–H and O–H groups in total. The first-order valence-electron chi connectivity index (χ1n) is 8.16. The number of carbonyl (C=O) groups is 2. The average Bonchev–Trinajstić information content (AvgIpc) is 2.60. The summed E-state index contributed by atoms with van der Waals surface area (Å²) < 4.78 is 5.64. The zero-order valence-electron chi connectivity index (χ0n) is 14.3. The highest BCUT2D eigenvalue weighted by Crippen LogP contribution is 2.29. The number of benzene rings is 2. The van der Waals surface area contributed by atoms with Crippen LogP contribution in [0.15, 0.2) is 48.5 Å². The summed E-state index contributed by atoms with van der Waals surface area (Å²) in [7, 11) is 1.85. The van der Waals surface area contributed by atoms with E-state index in [1.165, 1.54) is 0 Å².